The third-order valence-electron chi connectivity index (χ3n) is 6.31. The van der Waals surface area contributed by atoms with Gasteiger partial charge in [0.2, 0.25) is 0 Å². The van der Waals surface area contributed by atoms with Crippen molar-refractivity contribution in [2.45, 2.75) is 25.9 Å². The number of hydrogen-bond acceptors (Lipinski definition) is 5. The van der Waals surface area contributed by atoms with Gasteiger partial charge in [-0.05, 0) is 35.4 Å². The average molecular weight is 514 g/mol. The fourth-order valence-electron chi connectivity index (χ4n) is 4.38. The van der Waals surface area contributed by atoms with Crippen LogP contribution in [0.2, 0.25) is 0 Å². The molecule has 8 nitrogen and oxygen atoms in total. The molecule has 12 heteroatoms. The summed E-state index contributed by atoms with van der Waals surface area (Å²) in [5, 5.41) is 16.5. The van der Waals surface area contributed by atoms with Crippen LogP contribution in [0, 0.1) is 5.82 Å². The Morgan fingerprint density at radius 2 is 1.92 bits per heavy atom. The van der Waals surface area contributed by atoms with E-state index in [4.69, 9.17) is 0 Å². The van der Waals surface area contributed by atoms with Crippen LogP contribution in [0.3, 0.4) is 0 Å². The van der Waals surface area contributed by atoms with Crippen LogP contribution >= 0.6 is 0 Å². The number of aliphatic hydroxyl groups excluding tert-OH is 1. The summed E-state index contributed by atoms with van der Waals surface area (Å²) < 4.78 is 58.5. The zero-order valence-corrected chi connectivity index (χ0v) is 19.6. The predicted molar refractivity (Wildman–Crippen MR) is 126 cm³/mol. The van der Waals surface area contributed by atoms with E-state index in [2.05, 4.69) is 15.4 Å². The van der Waals surface area contributed by atoms with Crippen molar-refractivity contribution in [3.63, 3.8) is 0 Å². The summed E-state index contributed by atoms with van der Waals surface area (Å²) in [5.41, 5.74) is 0.346. The highest BCUT2D eigenvalue weighted by molar-refractivity contribution is 5.95. The van der Waals surface area contributed by atoms with Gasteiger partial charge < -0.3 is 19.9 Å². The summed E-state index contributed by atoms with van der Waals surface area (Å²) in [4.78, 5) is 18.6. The zero-order chi connectivity index (χ0) is 26.3. The van der Waals surface area contributed by atoms with Crippen LogP contribution in [0.1, 0.15) is 27.2 Å². The summed E-state index contributed by atoms with van der Waals surface area (Å²) in [6.45, 7) is 0.374. The lowest BCUT2D eigenvalue weighted by molar-refractivity contribution is -0.137. The van der Waals surface area contributed by atoms with Crippen LogP contribution in [0.15, 0.2) is 55.0 Å². The molecule has 4 heterocycles. The number of hydrogen-bond donors (Lipinski definition) is 2. The number of aryl methyl sites for hydroxylation is 1. The van der Waals surface area contributed by atoms with Crippen LogP contribution in [-0.4, -0.2) is 41.8 Å². The number of carbonyl (C=O) groups is 1. The third kappa shape index (κ3) is 4.79. The van der Waals surface area contributed by atoms with E-state index < -0.39 is 23.5 Å². The third-order valence-corrected chi connectivity index (χ3v) is 6.31. The maximum atomic E-state index is 13.9. The molecule has 0 saturated heterocycles. The van der Waals surface area contributed by atoms with E-state index in [9.17, 15) is 27.5 Å². The number of nitrogens with zero attached hydrogens (tertiary/aromatic N) is 5. The molecule has 192 valence electrons. The Balaban J connectivity index is 1.48. The molecular formula is C25H22F4N6O2. The number of amides is 1. The van der Waals surface area contributed by atoms with Gasteiger partial charge in [-0.1, -0.05) is 6.07 Å². The Morgan fingerprint density at radius 1 is 1.11 bits per heavy atom. The van der Waals surface area contributed by atoms with Crippen molar-refractivity contribution >= 4 is 17.5 Å². The highest BCUT2D eigenvalue weighted by atomic mass is 19.4. The van der Waals surface area contributed by atoms with Crippen molar-refractivity contribution in [2.75, 3.05) is 11.9 Å². The minimum Gasteiger partial charge on any atom is -0.392 e. The van der Waals surface area contributed by atoms with Gasteiger partial charge in [0.15, 0.2) is 0 Å². The number of carbonyl (C=O) groups excluding carboxylic acids is 1. The molecule has 0 unspecified atom stereocenters. The number of halogens is 4. The first kappa shape index (κ1) is 24.5. The van der Waals surface area contributed by atoms with E-state index in [0.717, 1.165) is 6.20 Å². The average Bonchev–Trinajstić information content (AvgIpc) is 3.47. The van der Waals surface area contributed by atoms with Crippen LogP contribution in [-0.2, 0) is 32.9 Å². The zero-order valence-electron chi connectivity index (χ0n) is 19.6. The molecule has 3 aromatic heterocycles. The van der Waals surface area contributed by atoms with Gasteiger partial charge in [0.1, 0.15) is 23.1 Å². The van der Waals surface area contributed by atoms with E-state index in [-0.39, 0.29) is 42.3 Å². The lowest BCUT2D eigenvalue weighted by atomic mass is 10.0. The number of rotatable bonds is 6. The first-order valence-electron chi connectivity index (χ1n) is 11.3. The standard InChI is InChI=1S/C25H22F4N6O2/c1-33-23(4-5-31-33)32-22-10-19(20(11-30-22)25(27,28)29)17-9-21-24(37)35(7-6-34(21)13-17)12-16-8-18(26)3-2-15(16)14-36/h2-5,8-11,13,36H,6-7,12,14H2,1H3,(H,30,32). The number of benzene rings is 1. The van der Waals surface area contributed by atoms with Gasteiger partial charge in [0.05, 0.1) is 18.4 Å². The molecule has 0 radical (unpaired) electrons. The molecule has 1 aliphatic rings. The number of pyridine rings is 1. The molecular weight excluding hydrogens is 492 g/mol. The summed E-state index contributed by atoms with van der Waals surface area (Å²) >= 11 is 0. The van der Waals surface area contributed by atoms with Gasteiger partial charge >= 0.3 is 6.18 Å². The number of aromatic nitrogens is 4. The van der Waals surface area contributed by atoms with E-state index in [1.165, 1.54) is 46.1 Å². The molecule has 0 spiro atoms. The minimum absolute atomic E-state index is 0.0643. The number of fused-ring (bicyclic) bond motifs is 1. The topological polar surface area (TPSA) is 88.2 Å². The highest BCUT2D eigenvalue weighted by Gasteiger charge is 2.35. The molecule has 0 fully saturated rings. The second-order valence-electron chi connectivity index (χ2n) is 8.68. The molecule has 1 amide bonds. The Kier molecular flexibility index (Phi) is 6.20. The molecule has 0 atom stereocenters. The van der Waals surface area contributed by atoms with Gasteiger partial charge in [0, 0.05) is 56.3 Å². The fraction of sp³-hybridized carbons (Fsp3) is 0.240. The van der Waals surface area contributed by atoms with Crippen LogP contribution in [0.25, 0.3) is 11.1 Å². The van der Waals surface area contributed by atoms with Crippen molar-refractivity contribution in [2.24, 2.45) is 7.05 Å². The van der Waals surface area contributed by atoms with E-state index >= 15 is 0 Å². The van der Waals surface area contributed by atoms with Gasteiger partial charge in [-0.3, -0.25) is 9.48 Å². The van der Waals surface area contributed by atoms with Crippen LogP contribution in [0.4, 0.5) is 29.2 Å². The second-order valence-corrected chi connectivity index (χ2v) is 8.68. The Hall–Kier alpha value is -4.19. The van der Waals surface area contributed by atoms with Gasteiger partial charge in [0.25, 0.3) is 5.91 Å². The van der Waals surface area contributed by atoms with Crippen molar-refractivity contribution in [3.8, 4) is 11.1 Å². The number of alkyl halides is 3. The van der Waals surface area contributed by atoms with Gasteiger partial charge in [-0.2, -0.15) is 18.3 Å². The summed E-state index contributed by atoms with van der Waals surface area (Å²) in [6, 6.07) is 8.32. The van der Waals surface area contributed by atoms with Gasteiger partial charge in [-0.15, -0.1) is 0 Å². The first-order valence-corrected chi connectivity index (χ1v) is 11.3. The lowest BCUT2D eigenvalue weighted by Crippen LogP contribution is -2.39. The van der Waals surface area contributed by atoms with Gasteiger partial charge in [-0.25, -0.2) is 9.37 Å². The van der Waals surface area contributed by atoms with Crippen molar-refractivity contribution in [3.05, 3.63) is 83.2 Å². The Morgan fingerprint density at radius 3 is 2.62 bits per heavy atom. The molecule has 37 heavy (non-hydrogen) atoms. The van der Waals surface area contributed by atoms with Crippen molar-refractivity contribution in [1.29, 1.82) is 0 Å². The maximum Gasteiger partial charge on any atom is 0.418 e. The summed E-state index contributed by atoms with van der Waals surface area (Å²) in [5.74, 6) is -0.164. The van der Waals surface area contributed by atoms with Crippen LogP contribution < -0.4 is 5.32 Å². The monoisotopic (exact) mass is 514 g/mol. The normalized spacial score (nSPS) is 13.7. The molecule has 4 aromatic rings. The largest absolute Gasteiger partial charge is 0.418 e. The number of nitrogens with one attached hydrogen (secondary N) is 1. The SMILES string of the molecule is Cn1nccc1Nc1cc(-c2cc3n(c2)CCN(Cc2cc(F)ccc2CO)C3=O)c(C(F)(F)F)cn1. The van der Waals surface area contributed by atoms with Crippen molar-refractivity contribution in [1.82, 2.24) is 24.2 Å². The predicted octanol–water partition coefficient (Wildman–Crippen LogP) is 4.33. The number of anilines is 2. The van der Waals surface area contributed by atoms with Crippen molar-refractivity contribution < 1.29 is 27.5 Å². The Labute approximate surface area is 208 Å². The highest BCUT2D eigenvalue weighted by Crippen LogP contribution is 2.39. The smallest absolute Gasteiger partial charge is 0.392 e. The fourth-order valence-corrected chi connectivity index (χ4v) is 4.38. The molecule has 5 rings (SSSR count). The number of aliphatic hydroxyl groups is 1. The minimum atomic E-state index is -4.66. The maximum absolute atomic E-state index is 13.9. The second kappa shape index (κ2) is 9.36. The summed E-state index contributed by atoms with van der Waals surface area (Å²) in [6.07, 6.45) is -0.840. The molecule has 0 aliphatic carbocycles. The van der Waals surface area contributed by atoms with E-state index in [1.54, 1.807) is 23.9 Å². The van der Waals surface area contributed by atoms with E-state index in [0.29, 0.717) is 23.5 Å². The van der Waals surface area contributed by atoms with E-state index in [1.807, 2.05) is 0 Å². The summed E-state index contributed by atoms with van der Waals surface area (Å²) in [7, 11) is 1.68. The molecule has 1 aromatic carbocycles. The molecule has 1 aliphatic heterocycles. The molecule has 2 N–H and O–H groups in total. The lowest BCUT2D eigenvalue weighted by Gasteiger charge is -2.29. The molecule has 0 bridgehead atoms. The molecule has 0 saturated carbocycles. The first-order chi connectivity index (χ1) is 17.6. The Bertz CT molecular complexity index is 1480. The quantitative estimate of drug-likeness (QED) is 0.374. The van der Waals surface area contributed by atoms with Crippen LogP contribution in [0.5, 0.6) is 0 Å².